The van der Waals surface area contributed by atoms with Crippen LogP contribution >= 0.6 is 11.6 Å². The number of carbonyl (C=O) groups excluding carboxylic acids is 2. The summed E-state index contributed by atoms with van der Waals surface area (Å²) in [4.78, 5) is 23.8. The van der Waals surface area contributed by atoms with Crippen LogP contribution in [-0.4, -0.2) is 22.9 Å². The third kappa shape index (κ3) is 3.13. The van der Waals surface area contributed by atoms with Crippen molar-refractivity contribution in [1.82, 2.24) is 9.88 Å². The van der Waals surface area contributed by atoms with Crippen LogP contribution in [0.1, 0.15) is 36.2 Å². The highest BCUT2D eigenvalue weighted by Gasteiger charge is 2.26. The Labute approximate surface area is 146 Å². The van der Waals surface area contributed by atoms with E-state index in [4.69, 9.17) is 17.3 Å². The summed E-state index contributed by atoms with van der Waals surface area (Å²) in [7, 11) is 1.85. The standard InChI is InChI=1S/C18H22ClN3O2/c1-22-14-5-3-2-4-13(14)15(19)16(22)18(24)21-10-11-6-8-12(9-7-11)17(20)23/h2-5,11-12H,6-10H2,1H3,(H2,20,23)(H,21,24). The maximum atomic E-state index is 12.6. The Morgan fingerprint density at radius 1 is 1.25 bits per heavy atom. The summed E-state index contributed by atoms with van der Waals surface area (Å²) in [6.07, 6.45) is 3.45. The number of hydrogen-bond acceptors (Lipinski definition) is 2. The van der Waals surface area contributed by atoms with Gasteiger partial charge in [0.2, 0.25) is 5.91 Å². The molecular weight excluding hydrogens is 326 g/mol. The van der Waals surface area contributed by atoms with E-state index in [1.807, 2.05) is 35.9 Å². The molecule has 0 saturated heterocycles. The number of aromatic nitrogens is 1. The Balaban J connectivity index is 1.65. The maximum Gasteiger partial charge on any atom is 0.269 e. The van der Waals surface area contributed by atoms with Gasteiger partial charge in [-0.1, -0.05) is 29.8 Å². The molecule has 0 spiro atoms. The lowest BCUT2D eigenvalue weighted by Crippen LogP contribution is -2.34. The minimum absolute atomic E-state index is 0.00966. The molecule has 2 aromatic rings. The fraction of sp³-hybridized carbons (Fsp3) is 0.444. The fourth-order valence-corrected chi connectivity index (χ4v) is 3.94. The first-order chi connectivity index (χ1) is 11.5. The van der Waals surface area contributed by atoms with Crippen LogP contribution in [0.5, 0.6) is 0 Å². The predicted octanol–water partition coefficient (Wildman–Crippen LogP) is 2.85. The van der Waals surface area contributed by atoms with Gasteiger partial charge in [-0.3, -0.25) is 9.59 Å². The molecule has 5 nitrogen and oxygen atoms in total. The summed E-state index contributed by atoms with van der Waals surface area (Å²) in [5, 5.41) is 4.37. The molecule has 0 unspecified atom stereocenters. The smallest absolute Gasteiger partial charge is 0.269 e. The van der Waals surface area contributed by atoms with Crippen LogP contribution in [0.15, 0.2) is 24.3 Å². The van der Waals surface area contributed by atoms with E-state index in [2.05, 4.69) is 5.32 Å². The van der Waals surface area contributed by atoms with Gasteiger partial charge < -0.3 is 15.6 Å². The van der Waals surface area contributed by atoms with Crippen molar-refractivity contribution in [2.45, 2.75) is 25.7 Å². The van der Waals surface area contributed by atoms with Crippen molar-refractivity contribution in [2.75, 3.05) is 6.54 Å². The molecule has 1 aliphatic carbocycles. The van der Waals surface area contributed by atoms with Gasteiger partial charge in [-0.05, 0) is 37.7 Å². The number of aryl methyl sites for hydroxylation is 1. The van der Waals surface area contributed by atoms with Crippen LogP contribution in [0, 0.1) is 11.8 Å². The summed E-state index contributed by atoms with van der Waals surface area (Å²) >= 11 is 6.40. The first kappa shape index (κ1) is 16.8. The predicted molar refractivity (Wildman–Crippen MR) is 94.9 cm³/mol. The number of nitrogens with one attached hydrogen (secondary N) is 1. The van der Waals surface area contributed by atoms with Crippen LogP contribution in [0.3, 0.4) is 0 Å². The number of benzene rings is 1. The average molecular weight is 348 g/mol. The summed E-state index contributed by atoms with van der Waals surface area (Å²) in [6.45, 7) is 0.599. The molecule has 128 valence electrons. The number of carbonyl (C=O) groups is 2. The first-order valence-electron chi connectivity index (χ1n) is 8.29. The van der Waals surface area contributed by atoms with Gasteiger partial charge in [0.15, 0.2) is 0 Å². The Morgan fingerprint density at radius 2 is 1.92 bits per heavy atom. The van der Waals surface area contributed by atoms with E-state index < -0.39 is 0 Å². The molecule has 1 heterocycles. The number of fused-ring (bicyclic) bond motifs is 1. The highest BCUT2D eigenvalue weighted by Crippen LogP contribution is 2.30. The van der Waals surface area contributed by atoms with Crippen molar-refractivity contribution in [1.29, 1.82) is 0 Å². The fourth-order valence-electron chi connectivity index (χ4n) is 3.57. The lowest BCUT2D eigenvalue weighted by molar-refractivity contribution is -0.122. The van der Waals surface area contributed by atoms with Crippen LogP contribution in [0.2, 0.25) is 5.02 Å². The van der Waals surface area contributed by atoms with Crippen LogP contribution in [0.25, 0.3) is 10.9 Å². The number of nitrogens with zero attached hydrogens (tertiary/aromatic N) is 1. The SMILES string of the molecule is Cn1c(C(=O)NCC2CCC(C(N)=O)CC2)c(Cl)c2ccccc21. The van der Waals surface area contributed by atoms with E-state index in [-0.39, 0.29) is 17.7 Å². The van der Waals surface area contributed by atoms with Gasteiger partial charge in [0, 0.05) is 30.4 Å². The number of halogens is 1. The first-order valence-corrected chi connectivity index (χ1v) is 8.67. The van der Waals surface area contributed by atoms with Crippen molar-refractivity contribution in [3.63, 3.8) is 0 Å². The highest BCUT2D eigenvalue weighted by atomic mass is 35.5. The van der Waals surface area contributed by atoms with Crippen molar-refractivity contribution < 1.29 is 9.59 Å². The van der Waals surface area contributed by atoms with Crippen molar-refractivity contribution in [3.8, 4) is 0 Å². The molecule has 2 amide bonds. The molecular formula is C18H22ClN3O2. The second-order valence-corrected chi connectivity index (χ2v) is 6.95. The van der Waals surface area contributed by atoms with E-state index in [9.17, 15) is 9.59 Å². The zero-order valence-electron chi connectivity index (χ0n) is 13.7. The number of primary amides is 1. The largest absolute Gasteiger partial charge is 0.369 e. The summed E-state index contributed by atoms with van der Waals surface area (Å²) < 4.78 is 1.83. The van der Waals surface area contributed by atoms with Gasteiger partial charge in [-0.25, -0.2) is 0 Å². The molecule has 0 bridgehead atoms. The van der Waals surface area contributed by atoms with E-state index >= 15 is 0 Å². The molecule has 0 atom stereocenters. The number of rotatable bonds is 4. The summed E-state index contributed by atoms with van der Waals surface area (Å²) in [5.74, 6) is 0.0121. The zero-order chi connectivity index (χ0) is 17.3. The van der Waals surface area contributed by atoms with Crippen molar-refractivity contribution >= 4 is 34.3 Å². The monoisotopic (exact) mass is 347 g/mol. The third-order valence-corrected chi connectivity index (χ3v) is 5.44. The quantitative estimate of drug-likeness (QED) is 0.892. The lowest BCUT2D eigenvalue weighted by atomic mass is 9.81. The van der Waals surface area contributed by atoms with Gasteiger partial charge in [-0.15, -0.1) is 0 Å². The molecule has 6 heteroatoms. The van der Waals surface area contributed by atoms with Gasteiger partial charge in [0.1, 0.15) is 5.69 Å². The number of para-hydroxylation sites is 1. The molecule has 3 rings (SSSR count). The van der Waals surface area contributed by atoms with Gasteiger partial charge in [0.05, 0.1) is 5.02 Å². The second kappa shape index (κ2) is 6.85. The summed E-state index contributed by atoms with van der Waals surface area (Å²) in [6, 6.07) is 7.70. The zero-order valence-corrected chi connectivity index (χ0v) is 14.5. The number of hydrogen-bond donors (Lipinski definition) is 2. The van der Waals surface area contributed by atoms with Crippen LogP contribution in [0.4, 0.5) is 0 Å². The van der Waals surface area contributed by atoms with E-state index in [0.29, 0.717) is 23.2 Å². The van der Waals surface area contributed by atoms with Crippen molar-refractivity contribution in [3.05, 3.63) is 35.0 Å². The maximum absolute atomic E-state index is 12.6. The minimum Gasteiger partial charge on any atom is -0.369 e. The van der Waals surface area contributed by atoms with E-state index in [1.165, 1.54) is 0 Å². The third-order valence-electron chi connectivity index (χ3n) is 5.06. The Morgan fingerprint density at radius 3 is 2.54 bits per heavy atom. The lowest BCUT2D eigenvalue weighted by Gasteiger charge is -2.26. The second-order valence-electron chi connectivity index (χ2n) is 6.57. The summed E-state index contributed by atoms with van der Waals surface area (Å²) in [5.41, 5.74) is 6.78. The molecule has 0 aliphatic heterocycles. The van der Waals surface area contributed by atoms with E-state index in [0.717, 1.165) is 36.6 Å². The normalized spacial score (nSPS) is 20.9. The molecule has 1 aliphatic rings. The molecule has 1 aromatic heterocycles. The van der Waals surface area contributed by atoms with E-state index in [1.54, 1.807) is 0 Å². The molecule has 1 saturated carbocycles. The number of amides is 2. The highest BCUT2D eigenvalue weighted by molar-refractivity contribution is 6.38. The molecule has 0 radical (unpaired) electrons. The van der Waals surface area contributed by atoms with Crippen molar-refractivity contribution in [2.24, 2.45) is 24.6 Å². The molecule has 24 heavy (non-hydrogen) atoms. The van der Waals surface area contributed by atoms with Crippen LogP contribution in [-0.2, 0) is 11.8 Å². The molecule has 1 fully saturated rings. The topological polar surface area (TPSA) is 77.1 Å². The van der Waals surface area contributed by atoms with Gasteiger partial charge in [0.25, 0.3) is 5.91 Å². The Hall–Kier alpha value is -2.01. The average Bonchev–Trinajstić information content (AvgIpc) is 2.85. The molecule has 1 aromatic carbocycles. The minimum atomic E-state index is -0.209. The van der Waals surface area contributed by atoms with Gasteiger partial charge in [-0.2, -0.15) is 0 Å². The Bertz CT molecular complexity index is 737. The van der Waals surface area contributed by atoms with Crippen LogP contribution < -0.4 is 11.1 Å². The number of nitrogens with two attached hydrogens (primary N) is 1. The van der Waals surface area contributed by atoms with Gasteiger partial charge >= 0.3 is 0 Å². The Kier molecular flexibility index (Phi) is 4.81. The molecule has 3 N–H and O–H groups in total.